The van der Waals surface area contributed by atoms with Gasteiger partial charge in [-0.3, -0.25) is 19.6 Å². The van der Waals surface area contributed by atoms with E-state index in [0.29, 0.717) is 22.1 Å². The van der Waals surface area contributed by atoms with Crippen LogP contribution in [0.1, 0.15) is 27.3 Å². The minimum Gasteiger partial charge on any atom is -0.295 e. The lowest BCUT2D eigenvalue weighted by Crippen LogP contribution is -2.23. The average molecular weight is 328 g/mol. The van der Waals surface area contributed by atoms with Gasteiger partial charge in [0.2, 0.25) is 0 Å². The Kier molecular flexibility index (Phi) is 3.73. The maximum Gasteiger partial charge on any atom is 0.298 e. The maximum atomic E-state index is 12.4. The van der Waals surface area contributed by atoms with Crippen LogP contribution in [0, 0.1) is 20.8 Å². The first kappa shape index (κ1) is 15.4. The SMILES string of the molecule is Cc1nn(C)c(C)c1C(=O)C(=O)Nc1nc2c(C)cccc2s1. The Morgan fingerprint density at radius 3 is 2.57 bits per heavy atom. The van der Waals surface area contributed by atoms with Crippen molar-refractivity contribution in [1.82, 2.24) is 14.8 Å². The summed E-state index contributed by atoms with van der Waals surface area (Å²) >= 11 is 1.35. The van der Waals surface area contributed by atoms with E-state index in [0.717, 1.165) is 15.8 Å². The first-order chi connectivity index (χ1) is 10.9. The zero-order valence-corrected chi connectivity index (χ0v) is 14.1. The molecule has 3 rings (SSSR count). The van der Waals surface area contributed by atoms with E-state index in [1.807, 2.05) is 25.1 Å². The number of aryl methyl sites for hydroxylation is 3. The fraction of sp³-hybridized carbons (Fsp3) is 0.250. The summed E-state index contributed by atoms with van der Waals surface area (Å²) in [5, 5.41) is 7.20. The number of nitrogens with zero attached hydrogens (tertiary/aromatic N) is 3. The number of carbonyl (C=O) groups is 2. The number of carbonyl (C=O) groups excluding carboxylic acids is 2. The van der Waals surface area contributed by atoms with Crippen LogP contribution in [0.4, 0.5) is 5.13 Å². The highest BCUT2D eigenvalue weighted by atomic mass is 32.1. The molecule has 0 atom stereocenters. The number of ketones is 1. The molecule has 23 heavy (non-hydrogen) atoms. The highest BCUT2D eigenvalue weighted by molar-refractivity contribution is 7.22. The second kappa shape index (κ2) is 5.58. The van der Waals surface area contributed by atoms with E-state index >= 15 is 0 Å². The molecule has 0 aliphatic rings. The van der Waals surface area contributed by atoms with Crippen LogP contribution in [0.2, 0.25) is 0 Å². The fourth-order valence-corrected chi connectivity index (χ4v) is 3.45. The van der Waals surface area contributed by atoms with Crippen LogP contribution in [0.25, 0.3) is 10.2 Å². The number of hydrogen-bond acceptors (Lipinski definition) is 5. The molecule has 0 unspecified atom stereocenters. The standard InChI is InChI=1S/C16H16N4O2S/c1-8-6-5-7-11-13(8)17-16(23-11)18-15(22)14(21)12-9(2)19-20(4)10(12)3/h5-7H,1-4H3,(H,17,18,22). The van der Waals surface area contributed by atoms with Gasteiger partial charge in [-0.15, -0.1) is 0 Å². The molecule has 0 aliphatic carbocycles. The van der Waals surface area contributed by atoms with Crippen LogP contribution >= 0.6 is 11.3 Å². The van der Waals surface area contributed by atoms with Gasteiger partial charge in [-0.2, -0.15) is 5.10 Å². The number of Topliss-reactive ketones (excluding diaryl/α,β-unsaturated/α-hetero) is 1. The van der Waals surface area contributed by atoms with Gasteiger partial charge in [0.1, 0.15) is 0 Å². The van der Waals surface area contributed by atoms with Gasteiger partial charge in [-0.25, -0.2) is 4.98 Å². The van der Waals surface area contributed by atoms with Gasteiger partial charge >= 0.3 is 0 Å². The van der Waals surface area contributed by atoms with E-state index in [1.165, 1.54) is 11.3 Å². The molecule has 1 N–H and O–H groups in total. The summed E-state index contributed by atoms with van der Waals surface area (Å²) in [6.45, 7) is 5.44. The molecule has 2 aromatic heterocycles. The minimum absolute atomic E-state index is 0.349. The lowest BCUT2D eigenvalue weighted by molar-refractivity contribution is -0.112. The van der Waals surface area contributed by atoms with Crippen molar-refractivity contribution in [2.75, 3.05) is 5.32 Å². The first-order valence-corrected chi connectivity index (χ1v) is 7.92. The van der Waals surface area contributed by atoms with Crippen molar-refractivity contribution < 1.29 is 9.59 Å². The number of thiazole rings is 1. The Bertz CT molecular complexity index is 939. The molecule has 0 saturated heterocycles. The topological polar surface area (TPSA) is 76.9 Å². The summed E-state index contributed by atoms with van der Waals surface area (Å²) < 4.78 is 2.57. The van der Waals surface area contributed by atoms with Crippen molar-refractivity contribution in [2.45, 2.75) is 20.8 Å². The van der Waals surface area contributed by atoms with Crippen molar-refractivity contribution in [1.29, 1.82) is 0 Å². The van der Waals surface area contributed by atoms with E-state index in [1.54, 1.807) is 25.6 Å². The highest BCUT2D eigenvalue weighted by Crippen LogP contribution is 2.28. The third-order valence-corrected chi connectivity index (χ3v) is 4.72. The van der Waals surface area contributed by atoms with Crippen molar-refractivity contribution >= 4 is 38.4 Å². The van der Waals surface area contributed by atoms with Crippen LogP contribution in [0.5, 0.6) is 0 Å². The predicted molar refractivity (Wildman–Crippen MR) is 90.0 cm³/mol. The highest BCUT2D eigenvalue weighted by Gasteiger charge is 2.24. The summed E-state index contributed by atoms with van der Waals surface area (Å²) in [6.07, 6.45) is 0. The fourth-order valence-electron chi connectivity index (χ4n) is 2.51. The lowest BCUT2D eigenvalue weighted by atomic mass is 10.1. The molecular formula is C16H16N4O2S. The zero-order chi connectivity index (χ0) is 16.7. The number of aromatic nitrogens is 3. The Morgan fingerprint density at radius 1 is 1.22 bits per heavy atom. The van der Waals surface area contributed by atoms with Gasteiger partial charge in [-0.05, 0) is 32.4 Å². The third kappa shape index (κ3) is 2.63. The molecule has 2 heterocycles. The number of rotatable bonds is 3. The van der Waals surface area contributed by atoms with Gasteiger partial charge in [-0.1, -0.05) is 23.5 Å². The van der Waals surface area contributed by atoms with Gasteiger partial charge in [0.25, 0.3) is 11.7 Å². The molecule has 6 nitrogen and oxygen atoms in total. The van der Waals surface area contributed by atoms with E-state index in [2.05, 4.69) is 15.4 Å². The number of anilines is 1. The predicted octanol–water partition coefficient (Wildman–Crippen LogP) is 2.78. The molecule has 1 aromatic carbocycles. The van der Waals surface area contributed by atoms with Crippen molar-refractivity contribution in [2.24, 2.45) is 7.05 Å². The number of amides is 1. The Morgan fingerprint density at radius 2 is 1.96 bits per heavy atom. The molecule has 0 saturated carbocycles. The van der Waals surface area contributed by atoms with Crippen LogP contribution < -0.4 is 5.32 Å². The van der Waals surface area contributed by atoms with Crippen molar-refractivity contribution in [3.8, 4) is 0 Å². The van der Waals surface area contributed by atoms with Crippen LogP contribution in [-0.2, 0) is 11.8 Å². The second-order valence-electron chi connectivity index (χ2n) is 5.39. The molecule has 0 bridgehead atoms. The van der Waals surface area contributed by atoms with Gasteiger partial charge in [0.15, 0.2) is 5.13 Å². The quantitative estimate of drug-likeness (QED) is 0.592. The molecule has 1 amide bonds. The van der Waals surface area contributed by atoms with Crippen LogP contribution in [-0.4, -0.2) is 26.5 Å². The summed E-state index contributed by atoms with van der Waals surface area (Å²) in [5.41, 5.74) is 3.44. The van der Waals surface area contributed by atoms with E-state index < -0.39 is 11.7 Å². The summed E-state index contributed by atoms with van der Waals surface area (Å²) in [7, 11) is 1.74. The van der Waals surface area contributed by atoms with Crippen LogP contribution in [0.15, 0.2) is 18.2 Å². The van der Waals surface area contributed by atoms with Gasteiger partial charge in [0.05, 0.1) is 21.5 Å². The molecule has 118 valence electrons. The first-order valence-electron chi connectivity index (χ1n) is 7.10. The lowest BCUT2D eigenvalue weighted by Gasteiger charge is -2.01. The Balaban J connectivity index is 1.88. The van der Waals surface area contributed by atoms with E-state index in [4.69, 9.17) is 0 Å². The molecule has 0 spiro atoms. The smallest absolute Gasteiger partial charge is 0.295 e. The molecular weight excluding hydrogens is 312 g/mol. The van der Waals surface area contributed by atoms with Crippen LogP contribution in [0.3, 0.4) is 0 Å². The summed E-state index contributed by atoms with van der Waals surface area (Å²) in [6, 6.07) is 5.84. The summed E-state index contributed by atoms with van der Waals surface area (Å²) in [5.74, 6) is -1.29. The Labute approximate surface area is 137 Å². The number of para-hydroxylation sites is 1. The molecule has 0 fully saturated rings. The molecule has 7 heteroatoms. The monoisotopic (exact) mass is 328 g/mol. The van der Waals surface area contributed by atoms with E-state index in [9.17, 15) is 9.59 Å². The second-order valence-corrected chi connectivity index (χ2v) is 6.42. The number of fused-ring (bicyclic) bond motifs is 1. The van der Waals surface area contributed by atoms with Crippen molar-refractivity contribution in [3.05, 3.63) is 40.7 Å². The zero-order valence-electron chi connectivity index (χ0n) is 13.3. The minimum atomic E-state index is -0.694. The van der Waals surface area contributed by atoms with E-state index in [-0.39, 0.29) is 0 Å². The third-order valence-electron chi connectivity index (χ3n) is 3.78. The maximum absolute atomic E-state index is 12.4. The molecule has 0 aliphatic heterocycles. The number of benzene rings is 1. The van der Waals surface area contributed by atoms with Gasteiger partial charge < -0.3 is 0 Å². The van der Waals surface area contributed by atoms with Crippen molar-refractivity contribution in [3.63, 3.8) is 0 Å². The largest absolute Gasteiger partial charge is 0.298 e. The number of hydrogen-bond donors (Lipinski definition) is 1. The Hall–Kier alpha value is -2.54. The normalized spacial score (nSPS) is 11.0. The average Bonchev–Trinajstić information content (AvgIpc) is 3.01. The van der Waals surface area contributed by atoms with Gasteiger partial charge in [0, 0.05) is 12.7 Å². The molecule has 3 aromatic rings. The number of nitrogens with one attached hydrogen (secondary N) is 1. The molecule has 0 radical (unpaired) electrons. The summed E-state index contributed by atoms with van der Waals surface area (Å²) in [4.78, 5) is 29.0.